The van der Waals surface area contributed by atoms with E-state index in [1.165, 1.54) is 21.8 Å². The zero-order valence-electron chi connectivity index (χ0n) is 14.5. The van der Waals surface area contributed by atoms with Crippen LogP contribution in [-0.2, 0) is 11.3 Å². The lowest BCUT2D eigenvalue weighted by molar-refractivity contribution is 0.190. The van der Waals surface area contributed by atoms with Gasteiger partial charge in [0.2, 0.25) is 0 Å². The molecule has 24 heavy (non-hydrogen) atoms. The summed E-state index contributed by atoms with van der Waals surface area (Å²) in [5.74, 6) is 0. The Morgan fingerprint density at radius 1 is 1.33 bits per heavy atom. The van der Waals surface area contributed by atoms with Crippen molar-refractivity contribution in [3.8, 4) is 11.3 Å². The summed E-state index contributed by atoms with van der Waals surface area (Å²) in [6.45, 7) is 8.03. The molecule has 3 aromatic rings. The van der Waals surface area contributed by atoms with Crippen LogP contribution in [-0.4, -0.2) is 29.3 Å². The standard InChI is InChI=1S/C18H23N3OS2/c1-12(10-22-4)19-18-20-17(11-24-18)16-8-13(2)21(14(16)3)9-15-6-5-7-23-15/h5-8,11-12H,9-10H2,1-4H3,(H,19,20)/t12-/m1/s1. The van der Waals surface area contributed by atoms with E-state index in [9.17, 15) is 0 Å². The van der Waals surface area contributed by atoms with Gasteiger partial charge in [-0.3, -0.25) is 0 Å². The summed E-state index contributed by atoms with van der Waals surface area (Å²) in [6, 6.07) is 6.78. The van der Waals surface area contributed by atoms with Crippen molar-refractivity contribution in [2.24, 2.45) is 0 Å². The van der Waals surface area contributed by atoms with Crippen molar-refractivity contribution in [3.63, 3.8) is 0 Å². The Hall–Kier alpha value is -1.63. The molecule has 6 heteroatoms. The highest BCUT2D eigenvalue weighted by molar-refractivity contribution is 7.14. The third kappa shape index (κ3) is 3.71. The summed E-state index contributed by atoms with van der Waals surface area (Å²) in [4.78, 5) is 6.13. The van der Waals surface area contributed by atoms with Gasteiger partial charge in [-0.2, -0.15) is 0 Å². The molecule has 3 aromatic heterocycles. The Balaban J connectivity index is 1.81. The Labute approximate surface area is 151 Å². The van der Waals surface area contributed by atoms with Gasteiger partial charge in [-0.25, -0.2) is 4.98 Å². The number of hydrogen-bond acceptors (Lipinski definition) is 5. The lowest BCUT2D eigenvalue weighted by atomic mass is 10.2. The van der Waals surface area contributed by atoms with Gasteiger partial charge in [0.1, 0.15) is 0 Å². The van der Waals surface area contributed by atoms with E-state index in [0.717, 1.165) is 17.4 Å². The second-order valence-corrected chi connectivity index (χ2v) is 7.88. The molecule has 3 rings (SSSR count). The normalized spacial score (nSPS) is 12.5. The first-order valence-electron chi connectivity index (χ1n) is 7.99. The summed E-state index contributed by atoms with van der Waals surface area (Å²) >= 11 is 3.44. The number of methoxy groups -OCH3 is 1. The van der Waals surface area contributed by atoms with Crippen LogP contribution in [0.1, 0.15) is 23.2 Å². The molecule has 0 aromatic carbocycles. The van der Waals surface area contributed by atoms with E-state index in [1.54, 1.807) is 29.8 Å². The monoisotopic (exact) mass is 361 g/mol. The van der Waals surface area contributed by atoms with Crippen molar-refractivity contribution in [3.05, 3.63) is 45.2 Å². The maximum Gasteiger partial charge on any atom is 0.183 e. The minimum atomic E-state index is 0.250. The highest BCUT2D eigenvalue weighted by Gasteiger charge is 2.15. The molecular weight excluding hydrogens is 338 g/mol. The van der Waals surface area contributed by atoms with Crippen LogP contribution in [0.15, 0.2) is 29.0 Å². The first-order valence-corrected chi connectivity index (χ1v) is 9.75. The van der Waals surface area contributed by atoms with Gasteiger partial charge in [-0.05, 0) is 38.3 Å². The summed E-state index contributed by atoms with van der Waals surface area (Å²) in [7, 11) is 1.72. The van der Waals surface area contributed by atoms with Crippen LogP contribution in [0.2, 0.25) is 0 Å². The third-order valence-corrected chi connectivity index (χ3v) is 5.67. The van der Waals surface area contributed by atoms with Gasteiger partial charge < -0.3 is 14.6 Å². The van der Waals surface area contributed by atoms with Crippen molar-refractivity contribution in [1.82, 2.24) is 9.55 Å². The van der Waals surface area contributed by atoms with Crippen molar-refractivity contribution in [2.45, 2.75) is 33.4 Å². The summed E-state index contributed by atoms with van der Waals surface area (Å²) < 4.78 is 7.53. The molecule has 0 aliphatic rings. The molecule has 0 saturated heterocycles. The average Bonchev–Trinajstić information content (AvgIpc) is 3.25. The van der Waals surface area contributed by atoms with E-state index in [-0.39, 0.29) is 6.04 Å². The van der Waals surface area contributed by atoms with Gasteiger partial charge in [-0.1, -0.05) is 6.07 Å². The van der Waals surface area contributed by atoms with Gasteiger partial charge in [0.25, 0.3) is 0 Å². The van der Waals surface area contributed by atoms with Crippen LogP contribution in [0.4, 0.5) is 5.13 Å². The Bertz CT molecular complexity index is 789. The van der Waals surface area contributed by atoms with Gasteiger partial charge in [0.05, 0.1) is 18.8 Å². The molecule has 1 N–H and O–H groups in total. The SMILES string of the molecule is COC[C@@H](C)Nc1nc(-c2cc(C)n(Cc3cccs3)c2C)cs1. The minimum Gasteiger partial charge on any atom is -0.383 e. The molecule has 4 nitrogen and oxygen atoms in total. The minimum absolute atomic E-state index is 0.250. The van der Waals surface area contributed by atoms with E-state index in [0.29, 0.717) is 6.61 Å². The zero-order valence-corrected chi connectivity index (χ0v) is 16.1. The highest BCUT2D eigenvalue weighted by Crippen LogP contribution is 2.30. The number of anilines is 1. The van der Waals surface area contributed by atoms with Crippen LogP contribution in [0.25, 0.3) is 11.3 Å². The number of rotatable bonds is 7. The second-order valence-electron chi connectivity index (χ2n) is 5.99. The molecule has 0 aliphatic carbocycles. The van der Waals surface area contributed by atoms with Crippen LogP contribution in [0, 0.1) is 13.8 Å². The van der Waals surface area contributed by atoms with Gasteiger partial charge in [-0.15, -0.1) is 22.7 Å². The lowest BCUT2D eigenvalue weighted by Crippen LogP contribution is -2.20. The molecule has 0 amide bonds. The van der Waals surface area contributed by atoms with Crippen LogP contribution in [0.5, 0.6) is 0 Å². The number of thiazole rings is 1. The Kier molecular flexibility index (Phi) is 5.38. The first kappa shape index (κ1) is 17.2. The number of ether oxygens (including phenoxy) is 1. The molecule has 0 unspecified atom stereocenters. The van der Waals surface area contributed by atoms with Gasteiger partial charge >= 0.3 is 0 Å². The molecule has 0 radical (unpaired) electrons. The smallest absolute Gasteiger partial charge is 0.183 e. The molecule has 3 heterocycles. The molecule has 0 saturated carbocycles. The number of aryl methyl sites for hydroxylation is 1. The van der Waals surface area contributed by atoms with E-state index in [2.05, 4.69) is 59.6 Å². The number of hydrogen-bond donors (Lipinski definition) is 1. The molecule has 0 bridgehead atoms. The summed E-state index contributed by atoms with van der Waals surface area (Å²) in [5.41, 5.74) is 4.79. The fraction of sp³-hybridized carbons (Fsp3) is 0.389. The summed E-state index contributed by atoms with van der Waals surface area (Å²) in [5, 5.41) is 8.58. The second kappa shape index (κ2) is 7.51. The predicted octanol–water partition coefficient (Wildman–Crippen LogP) is 4.79. The maximum absolute atomic E-state index is 5.17. The van der Waals surface area contributed by atoms with E-state index in [1.807, 2.05) is 0 Å². The maximum atomic E-state index is 5.17. The van der Waals surface area contributed by atoms with Crippen LogP contribution in [0.3, 0.4) is 0 Å². The zero-order chi connectivity index (χ0) is 17.1. The largest absolute Gasteiger partial charge is 0.383 e. The predicted molar refractivity (Wildman–Crippen MR) is 103 cm³/mol. The van der Waals surface area contributed by atoms with E-state index >= 15 is 0 Å². The molecular formula is C18H23N3OS2. The van der Waals surface area contributed by atoms with Crippen molar-refractivity contribution in [2.75, 3.05) is 19.0 Å². The number of nitrogens with one attached hydrogen (secondary N) is 1. The lowest BCUT2D eigenvalue weighted by Gasteiger charge is -2.10. The molecule has 1 atom stereocenters. The van der Waals surface area contributed by atoms with E-state index < -0.39 is 0 Å². The fourth-order valence-electron chi connectivity index (χ4n) is 2.83. The van der Waals surface area contributed by atoms with Crippen molar-refractivity contribution >= 4 is 27.8 Å². The number of thiophene rings is 1. The first-order chi connectivity index (χ1) is 11.6. The average molecular weight is 362 g/mol. The van der Waals surface area contributed by atoms with Crippen LogP contribution >= 0.6 is 22.7 Å². The van der Waals surface area contributed by atoms with Crippen molar-refractivity contribution < 1.29 is 4.74 Å². The Morgan fingerprint density at radius 2 is 2.17 bits per heavy atom. The topological polar surface area (TPSA) is 39.1 Å². The van der Waals surface area contributed by atoms with Gasteiger partial charge in [0, 0.05) is 40.4 Å². The van der Waals surface area contributed by atoms with Crippen LogP contribution < -0.4 is 5.32 Å². The quantitative estimate of drug-likeness (QED) is 0.658. The third-order valence-electron chi connectivity index (χ3n) is 4.03. The molecule has 0 spiro atoms. The fourth-order valence-corrected chi connectivity index (χ4v) is 4.34. The molecule has 128 valence electrons. The van der Waals surface area contributed by atoms with E-state index in [4.69, 9.17) is 9.72 Å². The number of nitrogens with zero attached hydrogens (tertiary/aromatic N) is 2. The molecule has 0 fully saturated rings. The van der Waals surface area contributed by atoms with Gasteiger partial charge in [0.15, 0.2) is 5.13 Å². The summed E-state index contributed by atoms with van der Waals surface area (Å²) in [6.07, 6.45) is 0. The number of aromatic nitrogens is 2. The molecule has 0 aliphatic heterocycles. The Morgan fingerprint density at radius 3 is 2.88 bits per heavy atom. The van der Waals surface area contributed by atoms with Crippen molar-refractivity contribution in [1.29, 1.82) is 0 Å². The highest BCUT2D eigenvalue weighted by atomic mass is 32.1.